The second kappa shape index (κ2) is 6.54. The zero-order chi connectivity index (χ0) is 15.8. The lowest BCUT2D eigenvalue weighted by atomic mass is 9.92. The SMILES string of the molecule is CN1[C@@H](CN2CCCC2)C[C@H]2CN(C(=O)c3ccsc3)CC[C@H]21. The third kappa shape index (κ3) is 3.06. The van der Waals surface area contributed by atoms with Gasteiger partial charge in [0.15, 0.2) is 0 Å². The first-order valence-electron chi connectivity index (χ1n) is 8.98. The third-order valence-electron chi connectivity index (χ3n) is 6.09. The van der Waals surface area contributed by atoms with Crippen molar-refractivity contribution >= 4 is 17.2 Å². The predicted octanol–water partition coefficient (Wildman–Crippen LogP) is 2.38. The highest BCUT2D eigenvalue weighted by Gasteiger charge is 2.43. The lowest BCUT2D eigenvalue weighted by Gasteiger charge is -2.37. The number of piperidine rings is 1. The van der Waals surface area contributed by atoms with Crippen molar-refractivity contribution in [1.29, 1.82) is 0 Å². The summed E-state index contributed by atoms with van der Waals surface area (Å²) >= 11 is 1.61. The largest absolute Gasteiger partial charge is 0.338 e. The number of carbonyl (C=O) groups is 1. The van der Waals surface area contributed by atoms with Gasteiger partial charge in [-0.15, -0.1) is 0 Å². The average Bonchev–Trinajstić information content (AvgIpc) is 3.30. The van der Waals surface area contributed by atoms with Gasteiger partial charge in [-0.05, 0) is 63.2 Å². The third-order valence-corrected chi connectivity index (χ3v) is 6.77. The minimum atomic E-state index is 0.232. The predicted molar refractivity (Wildman–Crippen MR) is 94.0 cm³/mol. The first-order valence-corrected chi connectivity index (χ1v) is 9.92. The highest BCUT2D eigenvalue weighted by molar-refractivity contribution is 7.08. The van der Waals surface area contributed by atoms with E-state index < -0.39 is 0 Å². The Bertz CT molecular complexity index is 540. The van der Waals surface area contributed by atoms with Crippen molar-refractivity contribution in [2.24, 2.45) is 5.92 Å². The van der Waals surface area contributed by atoms with Gasteiger partial charge in [0.25, 0.3) is 5.91 Å². The smallest absolute Gasteiger partial charge is 0.254 e. The molecule has 5 heteroatoms. The molecule has 0 bridgehead atoms. The zero-order valence-electron chi connectivity index (χ0n) is 14.0. The molecule has 1 amide bonds. The first kappa shape index (κ1) is 15.6. The van der Waals surface area contributed by atoms with Crippen LogP contribution >= 0.6 is 11.3 Å². The number of likely N-dealkylation sites (tertiary alicyclic amines) is 3. The van der Waals surface area contributed by atoms with E-state index in [0.717, 1.165) is 25.1 Å². The molecule has 4 rings (SSSR count). The van der Waals surface area contributed by atoms with Crippen molar-refractivity contribution in [1.82, 2.24) is 14.7 Å². The maximum Gasteiger partial charge on any atom is 0.254 e. The van der Waals surface area contributed by atoms with Crippen LogP contribution in [0.2, 0.25) is 0 Å². The molecule has 0 spiro atoms. The van der Waals surface area contributed by atoms with Crippen LogP contribution in [0.5, 0.6) is 0 Å². The maximum atomic E-state index is 12.6. The van der Waals surface area contributed by atoms with Gasteiger partial charge in [0, 0.05) is 37.1 Å². The molecule has 4 heterocycles. The van der Waals surface area contributed by atoms with Crippen LogP contribution in [-0.4, -0.2) is 72.5 Å². The van der Waals surface area contributed by atoms with E-state index in [0.29, 0.717) is 18.0 Å². The minimum Gasteiger partial charge on any atom is -0.338 e. The quantitative estimate of drug-likeness (QED) is 0.850. The lowest BCUT2D eigenvalue weighted by Crippen LogP contribution is -2.48. The molecule has 23 heavy (non-hydrogen) atoms. The van der Waals surface area contributed by atoms with Gasteiger partial charge in [0.1, 0.15) is 0 Å². The number of rotatable bonds is 3. The summed E-state index contributed by atoms with van der Waals surface area (Å²) in [7, 11) is 2.31. The van der Waals surface area contributed by atoms with Crippen LogP contribution in [0, 0.1) is 5.92 Å². The molecular formula is C18H27N3OS. The van der Waals surface area contributed by atoms with E-state index >= 15 is 0 Å². The lowest BCUT2D eigenvalue weighted by molar-refractivity contribution is 0.0605. The van der Waals surface area contributed by atoms with E-state index in [1.165, 1.54) is 38.9 Å². The molecule has 1 aromatic heterocycles. The molecule has 3 fully saturated rings. The van der Waals surface area contributed by atoms with Crippen molar-refractivity contribution in [2.45, 2.75) is 37.8 Å². The topological polar surface area (TPSA) is 26.8 Å². The van der Waals surface area contributed by atoms with Crippen LogP contribution in [0.15, 0.2) is 16.8 Å². The Labute approximate surface area is 143 Å². The Morgan fingerprint density at radius 1 is 1.30 bits per heavy atom. The molecule has 1 aromatic rings. The molecule has 3 aliphatic rings. The van der Waals surface area contributed by atoms with Crippen LogP contribution in [0.4, 0.5) is 0 Å². The van der Waals surface area contributed by atoms with Crippen LogP contribution in [0.25, 0.3) is 0 Å². The summed E-state index contributed by atoms with van der Waals surface area (Å²) in [6.07, 6.45) is 5.12. The summed E-state index contributed by atoms with van der Waals surface area (Å²) in [5, 5.41) is 3.97. The van der Waals surface area contributed by atoms with Crippen molar-refractivity contribution in [3.8, 4) is 0 Å². The van der Waals surface area contributed by atoms with Crippen LogP contribution in [0.3, 0.4) is 0 Å². The molecule has 0 saturated carbocycles. The number of thiophene rings is 1. The van der Waals surface area contributed by atoms with Crippen molar-refractivity contribution < 1.29 is 4.79 Å². The van der Waals surface area contributed by atoms with Crippen LogP contribution in [0.1, 0.15) is 36.0 Å². The van der Waals surface area contributed by atoms with Gasteiger partial charge in [-0.3, -0.25) is 9.69 Å². The molecule has 0 unspecified atom stereocenters. The van der Waals surface area contributed by atoms with Gasteiger partial charge in [-0.2, -0.15) is 11.3 Å². The Balaban J connectivity index is 1.38. The second-order valence-electron chi connectivity index (χ2n) is 7.44. The summed E-state index contributed by atoms with van der Waals surface area (Å²) < 4.78 is 0. The van der Waals surface area contributed by atoms with Crippen molar-refractivity contribution in [2.75, 3.05) is 39.8 Å². The molecule has 3 saturated heterocycles. The van der Waals surface area contributed by atoms with Crippen molar-refractivity contribution in [3.05, 3.63) is 22.4 Å². The fourth-order valence-corrected chi connectivity index (χ4v) is 5.42. The first-order chi connectivity index (χ1) is 11.2. The van der Waals surface area contributed by atoms with Crippen molar-refractivity contribution in [3.63, 3.8) is 0 Å². The Morgan fingerprint density at radius 3 is 2.87 bits per heavy atom. The molecule has 4 nitrogen and oxygen atoms in total. The van der Waals surface area contributed by atoms with Gasteiger partial charge in [0.05, 0.1) is 5.56 Å². The average molecular weight is 334 g/mol. The highest BCUT2D eigenvalue weighted by atomic mass is 32.1. The summed E-state index contributed by atoms with van der Waals surface area (Å²) in [5.74, 6) is 0.888. The summed E-state index contributed by atoms with van der Waals surface area (Å²) in [6.45, 7) is 5.64. The van der Waals surface area contributed by atoms with Gasteiger partial charge >= 0.3 is 0 Å². The number of carbonyl (C=O) groups excluding carboxylic acids is 1. The normalized spacial score (nSPS) is 32.4. The molecule has 0 radical (unpaired) electrons. The van der Waals surface area contributed by atoms with Gasteiger partial charge in [-0.1, -0.05) is 0 Å². The molecule has 0 aliphatic carbocycles. The standard InChI is InChI=1S/C18H27N3OS/c1-19-16(12-20-6-2-3-7-20)10-15-11-21(8-4-17(15)19)18(22)14-5-9-23-13-14/h5,9,13,15-17H,2-4,6-8,10-12H2,1H3/t15-,16+,17+/m0/s1. The van der Waals surface area contributed by atoms with E-state index in [1.54, 1.807) is 11.3 Å². The maximum absolute atomic E-state index is 12.6. The second-order valence-corrected chi connectivity index (χ2v) is 8.22. The molecule has 3 atom stereocenters. The van der Waals surface area contributed by atoms with Crippen LogP contribution in [-0.2, 0) is 0 Å². The van der Waals surface area contributed by atoms with E-state index in [1.807, 2.05) is 16.8 Å². The number of hydrogen-bond acceptors (Lipinski definition) is 4. The van der Waals surface area contributed by atoms with Gasteiger partial charge < -0.3 is 9.80 Å². The number of nitrogens with zero attached hydrogens (tertiary/aromatic N) is 3. The Morgan fingerprint density at radius 2 is 2.13 bits per heavy atom. The molecule has 3 aliphatic heterocycles. The van der Waals surface area contributed by atoms with Crippen LogP contribution < -0.4 is 0 Å². The zero-order valence-corrected chi connectivity index (χ0v) is 14.8. The fourth-order valence-electron chi connectivity index (χ4n) is 4.79. The van der Waals surface area contributed by atoms with E-state index in [9.17, 15) is 4.79 Å². The molecule has 0 aromatic carbocycles. The number of fused-ring (bicyclic) bond motifs is 1. The van der Waals surface area contributed by atoms with Gasteiger partial charge in [-0.25, -0.2) is 0 Å². The highest BCUT2D eigenvalue weighted by Crippen LogP contribution is 2.35. The van der Waals surface area contributed by atoms with E-state index in [2.05, 4.69) is 21.7 Å². The summed E-state index contributed by atoms with van der Waals surface area (Å²) in [5.41, 5.74) is 0.869. The number of likely N-dealkylation sites (N-methyl/N-ethyl adjacent to an activating group) is 1. The Hall–Kier alpha value is -0.910. The summed E-state index contributed by atoms with van der Waals surface area (Å²) in [4.78, 5) is 19.9. The number of hydrogen-bond donors (Lipinski definition) is 0. The molecular weight excluding hydrogens is 306 g/mol. The summed E-state index contributed by atoms with van der Waals surface area (Å²) in [6, 6.07) is 3.31. The fraction of sp³-hybridized carbons (Fsp3) is 0.722. The molecule has 0 N–H and O–H groups in total. The minimum absolute atomic E-state index is 0.232. The monoisotopic (exact) mass is 333 g/mol. The Kier molecular flexibility index (Phi) is 4.43. The van der Waals surface area contributed by atoms with E-state index in [-0.39, 0.29) is 5.91 Å². The molecule has 126 valence electrons. The van der Waals surface area contributed by atoms with Gasteiger partial charge in [0.2, 0.25) is 0 Å². The van der Waals surface area contributed by atoms with E-state index in [4.69, 9.17) is 0 Å². The number of amides is 1.